The van der Waals surface area contributed by atoms with Crippen molar-refractivity contribution in [1.29, 1.82) is 0 Å². The summed E-state index contributed by atoms with van der Waals surface area (Å²) in [6.07, 6.45) is 0.360. The van der Waals surface area contributed by atoms with Crippen LogP contribution in [0.4, 0.5) is 0 Å². The molecule has 0 saturated carbocycles. The van der Waals surface area contributed by atoms with Crippen molar-refractivity contribution >= 4 is 15.9 Å². The lowest BCUT2D eigenvalue weighted by molar-refractivity contribution is -0.0455. The summed E-state index contributed by atoms with van der Waals surface area (Å²) in [4.78, 5) is 2.43. The number of nitrogens with zero attached hydrogens (tertiary/aromatic N) is 1. The van der Waals surface area contributed by atoms with Crippen molar-refractivity contribution in [2.75, 3.05) is 25.0 Å². The lowest BCUT2D eigenvalue weighted by Crippen LogP contribution is -2.47. The SMILES string of the molecule is C=C(CBr)CN1CC(C)OCC1C. The highest BCUT2D eigenvalue weighted by atomic mass is 79.9. The summed E-state index contributed by atoms with van der Waals surface area (Å²) >= 11 is 3.42. The van der Waals surface area contributed by atoms with Crippen molar-refractivity contribution < 1.29 is 4.74 Å². The molecule has 1 heterocycles. The molecule has 1 aliphatic rings. The summed E-state index contributed by atoms with van der Waals surface area (Å²) in [5.41, 5.74) is 1.24. The van der Waals surface area contributed by atoms with Crippen LogP contribution in [-0.2, 0) is 4.74 Å². The van der Waals surface area contributed by atoms with Gasteiger partial charge in [-0.15, -0.1) is 0 Å². The Morgan fingerprint density at radius 2 is 2.31 bits per heavy atom. The average molecular weight is 248 g/mol. The Morgan fingerprint density at radius 3 is 2.92 bits per heavy atom. The van der Waals surface area contributed by atoms with E-state index in [1.54, 1.807) is 0 Å². The predicted molar refractivity (Wildman–Crippen MR) is 59.4 cm³/mol. The Morgan fingerprint density at radius 1 is 1.62 bits per heavy atom. The molecule has 0 radical (unpaired) electrons. The van der Waals surface area contributed by atoms with Crippen LogP contribution in [0.1, 0.15) is 13.8 Å². The van der Waals surface area contributed by atoms with Crippen LogP contribution in [0.2, 0.25) is 0 Å². The molecule has 76 valence electrons. The molecular formula is C10H18BrNO. The lowest BCUT2D eigenvalue weighted by atomic mass is 10.2. The number of hydrogen-bond donors (Lipinski definition) is 0. The predicted octanol–water partition coefficient (Wildman–Crippen LogP) is 2.05. The molecule has 0 aromatic carbocycles. The molecule has 0 spiro atoms. The van der Waals surface area contributed by atoms with E-state index in [9.17, 15) is 0 Å². The molecule has 1 rings (SSSR count). The highest BCUT2D eigenvalue weighted by molar-refractivity contribution is 9.09. The van der Waals surface area contributed by atoms with Crippen LogP contribution in [-0.4, -0.2) is 42.1 Å². The average Bonchev–Trinajstić information content (AvgIpc) is 2.11. The van der Waals surface area contributed by atoms with E-state index in [2.05, 4.69) is 41.3 Å². The van der Waals surface area contributed by atoms with E-state index in [-0.39, 0.29) is 0 Å². The van der Waals surface area contributed by atoms with Crippen molar-refractivity contribution in [3.05, 3.63) is 12.2 Å². The van der Waals surface area contributed by atoms with Gasteiger partial charge in [-0.2, -0.15) is 0 Å². The van der Waals surface area contributed by atoms with Gasteiger partial charge >= 0.3 is 0 Å². The van der Waals surface area contributed by atoms with Gasteiger partial charge in [0.2, 0.25) is 0 Å². The van der Waals surface area contributed by atoms with E-state index in [0.29, 0.717) is 12.1 Å². The van der Waals surface area contributed by atoms with Gasteiger partial charge in [-0.25, -0.2) is 0 Å². The fourth-order valence-electron chi connectivity index (χ4n) is 1.52. The highest BCUT2D eigenvalue weighted by Gasteiger charge is 2.23. The maximum Gasteiger partial charge on any atom is 0.0674 e. The molecule has 0 N–H and O–H groups in total. The minimum atomic E-state index is 0.360. The first kappa shape index (κ1) is 11.2. The van der Waals surface area contributed by atoms with Crippen LogP contribution in [0.3, 0.4) is 0 Å². The number of ether oxygens (including phenoxy) is 1. The molecule has 1 fully saturated rings. The first-order valence-electron chi connectivity index (χ1n) is 4.71. The molecule has 3 heteroatoms. The van der Waals surface area contributed by atoms with Crippen LogP contribution in [0.25, 0.3) is 0 Å². The standard InChI is InChI=1S/C10H18BrNO/c1-8(4-11)5-12-6-10(3)13-7-9(12)2/h9-10H,1,4-7H2,2-3H3. The van der Waals surface area contributed by atoms with E-state index in [1.807, 2.05) is 0 Å². The Bertz CT molecular complexity index is 184. The molecule has 2 atom stereocenters. The first-order chi connectivity index (χ1) is 6.13. The van der Waals surface area contributed by atoms with Crippen molar-refractivity contribution in [2.45, 2.75) is 26.0 Å². The van der Waals surface area contributed by atoms with Crippen LogP contribution >= 0.6 is 15.9 Å². The lowest BCUT2D eigenvalue weighted by Gasteiger charge is -2.37. The zero-order chi connectivity index (χ0) is 9.84. The van der Waals surface area contributed by atoms with E-state index in [1.165, 1.54) is 5.57 Å². The van der Waals surface area contributed by atoms with E-state index in [4.69, 9.17) is 4.74 Å². The zero-order valence-electron chi connectivity index (χ0n) is 8.42. The van der Waals surface area contributed by atoms with Crippen molar-refractivity contribution in [3.8, 4) is 0 Å². The number of alkyl halides is 1. The smallest absolute Gasteiger partial charge is 0.0674 e. The Hall–Kier alpha value is 0.140. The second-order valence-corrected chi connectivity index (χ2v) is 4.37. The summed E-state index contributed by atoms with van der Waals surface area (Å²) in [5.74, 6) is 0. The number of hydrogen-bond acceptors (Lipinski definition) is 2. The topological polar surface area (TPSA) is 12.5 Å². The van der Waals surface area contributed by atoms with E-state index in [0.717, 1.165) is 25.0 Å². The minimum Gasteiger partial charge on any atom is -0.376 e. The molecule has 2 unspecified atom stereocenters. The second-order valence-electron chi connectivity index (χ2n) is 3.81. The fourth-order valence-corrected chi connectivity index (χ4v) is 1.70. The van der Waals surface area contributed by atoms with Crippen LogP contribution in [0.15, 0.2) is 12.2 Å². The van der Waals surface area contributed by atoms with Gasteiger partial charge in [0.25, 0.3) is 0 Å². The summed E-state index contributed by atoms with van der Waals surface area (Å²) < 4.78 is 5.55. The third-order valence-electron chi connectivity index (χ3n) is 2.35. The molecule has 0 bridgehead atoms. The quantitative estimate of drug-likeness (QED) is 0.560. The third kappa shape index (κ3) is 3.41. The van der Waals surface area contributed by atoms with E-state index >= 15 is 0 Å². The first-order valence-corrected chi connectivity index (χ1v) is 5.84. The number of halogens is 1. The number of morpholine rings is 1. The molecule has 0 aromatic rings. The Kier molecular flexibility index (Phi) is 4.42. The molecule has 0 amide bonds. The molecule has 1 aliphatic heterocycles. The number of rotatable bonds is 3. The van der Waals surface area contributed by atoms with E-state index < -0.39 is 0 Å². The third-order valence-corrected chi connectivity index (χ3v) is 3.15. The summed E-state index contributed by atoms with van der Waals surface area (Å²) in [6, 6.07) is 0.520. The minimum absolute atomic E-state index is 0.360. The van der Waals surface area contributed by atoms with Crippen LogP contribution in [0, 0.1) is 0 Å². The monoisotopic (exact) mass is 247 g/mol. The molecule has 2 nitrogen and oxygen atoms in total. The summed E-state index contributed by atoms with van der Waals surface area (Å²) in [5, 5.41) is 0.894. The maximum atomic E-state index is 5.55. The molecule has 0 aliphatic carbocycles. The largest absolute Gasteiger partial charge is 0.376 e. The van der Waals surface area contributed by atoms with Gasteiger partial charge in [-0.1, -0.05) is 28.1 Å². The van der Waals surface area contributed by atoms with Gasteiger partial charge in [-0.3, -0.25) is 4.90 Å². The Balaban J connectivity index is 2.41. The van der Waals surface area contributed by atoms with Crippen LogP contribution < -0.4 is 0 Å². The second kappa shape index (κ2) is 5.13. The van der Waals surface area contributed by atoms with Gasteiger partial charge < -0.3 is 4.74 Å². The summed E-state index contributed by atoms with van der Waals surface area (Å²) in [6.45, 7) is 11.2. The Labute approximate surface area is 89.1 Å². The maximum absolute atomic E-state index is 5.55. The van der Waals surface area contributed by atoms with Crippen molar-refractivity contribution in [3.63, 3.8) is 0 Å². The van der Waals surface area contributed by atoms with Gasteiger partial charge in [0.15, 0.2) is 0 Å². The molecule has 1 saturated heterocycles. The highest BCUT2D eigenvalue weighted by Crippen LogP contribution is 2.13. The molecular weight excluding hydrogens is 230 g/mol. The van der Waals surface area contributed by atoms with Gasteiger partial charge in [0, 0.05) is 24.5 Å². The molecule has 13 heavy (non-hydrogen) atoms. The van der Waals surface area contributed by atoms with Crippen LogP contribution in [0.5, 0.6) is 0 Å². The molecule has 0 aromatic heterocycles. The summed E-state index contributed by atoms with van der Waals surface area (Å²) in [7, 11) is 0. The zero-order valence-corrected chi connectivity index (χ0v) is 10.0. The fraction of sp³-hybridized carbons (Fsp3) is 0.800. The van der Waals surface area contributed by atoms with Crippen molar-refractivity contribution in [1.82, 2.24) is 4.90 Å². The van der Waals surface area contributed by atoms with Gasteiger partial charge in [0.1, 0.15) is 0 Å². The van der Waals surface area contributed by atoms with Crippen molar-refractivity contribution in [2.24, 2.45) is 0 Å². The van der Waals surface area contributed by atoms with Gasteiger partial charge in [0.05, 0.1) is 12.7 Å². The van der Waals surface area contributed by atoms with Gasteiger partial charge in [-0.05, 0) is 13.8 Å². The normalized spacial score (nSPS) is 30.4.